The third-order valence-electron chi connectivity index (χ3n) is 4.24. The summed E-state index contributed by atoms with van der Waals surface area (Å²) >= 11 is 0. The summed E-state index contributed by atoms with van der Waals surface area (Å²) in [6.07, 6.45) is 0. The van der Waals surface area contributed by atoms with Gasteiger partial charge in [-0.2, -0.15) is 0 Å². The second kappa shape index (κ2) is 5.64. The van der Waals surface area contributed by atoms with E-state index in [9.17, 15) is 9.59 Å². The van der Waals surface area contributed by atoms with E-state index in [1.54, 1.807) is 23.9 Å². The highest BCUT2D eigenvalue weighted by Crippen LogP contribution is 2.40. The van der Waals surface area contributed by atoms with E-state index in [0.717, 1.165) is 11.1 Å². The molecule has 1 aliphatic heterocycles. The molecule has 0 radical (unpaired) electrons. The maximum atomic E-state index is 12.2. The minimum absolute atomic E-state index is 0.196. The Kier molecular flexibility index (Phi) is 3.67. The summed E-state index contributed by atoms with van der Waals surface area (Å²) in [4.78, 5) is 27.6. The largest absolute Gasteiger partial charge is 0.328 e. The number of carbonyl (C=O) groups excluding carboxylic acids is 2. The summed E-state index contributed by atoms with van der Waals surface area (Å²) in [6.45, 7) is 0. The third-order valence-corrected chi connectivity index (χ3v) is 4.24. The molecule has 2 aromatic rings. The van der Waals surface area contributed by atoms with E-state index in [1.807, 2.05) is 60.7 Å². The van der Waals surface area contributed by atoms with Gasteiger partial charge in [0.25, 0.3) is 0 Å². The van der Waals surface area contributed by atoms with Crippen molar-refractivity contribution in [2.75, 3.05) is 14.1 Å². The Labute approximate surface area is 130 Å². The number of amides is 2. The average Bonchev–Trinajstić information content (AvgIpc) is 2.57. The van der Waals surface area contributed by atoms with Crippen molar-refractivity contribution in [2.24, 2.45) is 0 Å². The molecule has 112 valence electrons. The smallest absolute Gasteiger partial charge is 0.312 e. The summed E-state index contributed by atoms with van der Waals surface area (Å²) in [5.74, 6) is -0.938. The van der Waals surface area contributed by atoms with Crippen LogP contribution in [0.1, 0.15) is 23.2 Å². The third kappa shape index (κ3) is 2.26. The van der Waals surface area contributed by atoms with Gasteiger partial charge in [0.1, 0.15) is 0 Å². The molecular formula is C18H18N2O2. The molecule has 0 spiro atoms. The maximum Gasteiger partial charge on any atom is 0.312 e. The molecule has 0 unspecified atom stereocenters. The molecule has 0 N–H and O–H groups in total. The molecule has 0 aromatic heterocycles. The minimum atomic E-state index is -0.469. The molecule has 1 fully saturated rings. The van der Waals surface area contributed by atoms with Crippen molar-refractivity contribution in [3.63, 3.8) is 0 Å². The zero-order chi connectivity index (χ0) is 15.7. The lowest BCUT2D eigenvalue weighted by atomic mass is 9.89. The van der Waals surface area contributed by atoms with Gasteiger partial charge in [-0.1, -0.05) is 60.7 Å². The number of piperazine rings is 1. The van der Waals surface area contributed by atoms with E-state index in [4.69, 9.17) is 0 Å². The van der Waals surface area contributed by atoms with Gasteiger partial charge in [-0.3, -0.25) is 9.59 Å². The highest BCUT2D eigenvalue weighted by Gasteiger charge is 2.43. The van der Waals surface area contributed by atoms with E-state index in [0.29, 0.717) is 0 Å². The monoisotopic (exact) mass is 294 g/mol. The van der Waals surface area contributed by atoms with Gasteiger partial charge in [0.2, 0.25) is 0 Å². The molecule has 1 saturated heterocycles. The molecule has 4 heteroatoms. The van der Waals surface area contributed by atoms with Gasteiger partial charge in [0.15, 0.2) is 0 Å². The van der Waals surface area contributed by atoms with Gasteiger partial charge in [-0.15, -0.1) is 0 Å². The van der Waals surface area contributed by atoms with Crippen LogP contribution in [0.5, 0.6) is 0 Å². The number of hydrogen-bond donors (Lipinski definition) is 0. The Balaban J connectivity index is 2.13. The number of benzene rings is 2. The Morgan fingerprint density at radius 1 is 0.636 bits per heavy atom. The average molecular weight is 294 g/mol. The number of carbonyl (C=O) groups is 2. The molecule has 3 rings (SSSR count). The van der Waals surface area contributed by atoms with Crippen molar-refractivity contribution in [1.29, 1.82) is 0 Å². The number of nitrogens with zero attached hydrogens (tertiary/aromatic N) is 2. The van der Waals surface area contributed by atoms with Crippen molar-refractivity contribution in [3.8, 4) is 0 Å². The molecule has 2 atom stereocenters. The van der Waals surface area contributed by atoms with Crippen molar-refractivity contribution in [2.45, 2.75) is 12.1 Å². The summed E-state index contributed by atoms with van der Waals surface area (Å²) < 4.78 is 0. The molecule has 2 aromatic carbocycles. The lowest BCUT2D eigenvalue weighted by Gasteiger charge is -2.44. The number of likely N-dealkylation sites (N-methyl/N-ethyl adjacent to an activating group) is 2. The second-order valence-electron chi connectivity index (χ2n) is 5.54. The molecular weight excluding hydrogens is 276 g/mol. The quantitative estimate of drug-likeness (QED) is 0.798. The van der Waals surface area contributed by atoms with Crippen LogP contribution in [0.25, 0.3) is 0 Å². The van der Waals surface area contributed by atoms with Crippen molar-refractivity contribution >= 4 is 11.8 Å². The minimum Gasteiger partial charge on any atom is -0.328 e. The first kappa shape index (κ1) is 14.3. The maximum absolute atomic E-state index is 12.2. The first-order chi connectivity index (χ1) is 10.6. The van der Waals surface area contributed by atoms with Gasteiger partial charge in [0, 0.05) is 14.1 Å². The lowest BCUT2D eigenvalue weighted by molar-refractivity contribution is -0.160. The van der Waals surface area contributed by atoms with Crippen LogP contribution in [0.4, 0.5) is 0 Å². The zero-order valence-corrected chi connectivity index (χ0v) is 12.6. The Bertz CT molecular complexity index is 623. The fraction of sp³-hybridized carbons (Fsp3) is 0.222. The topological polar surface area (TPSA) is 40.6 Å². The molecule has 4 nitrogen and oxygen atoms in total. The summed E-state index contributed by atoms with van der Waals surface area (Å²) in [5.41, 5.74) is 2.04. The fourth-order valence-corrected chi connectivity index (χ4v) is 3.09. The van der Waals surface area contributed by atoms with Gasteiger partial charge < -0.3 is 9.80 Å². The van der Waals surface area contributed by atoms with Crippen molar-refractivity contribution in [3.05, 3.63) is 71.8 Å². The van der Waals surface area contributed by atoms with Crippen LogP contribution in [-0.4, -0.2) is 35.7 Å². The van der Waals surface area contributed by atoms with Crippen LogP contribution >= 0.6 is 0 Å². The summed E-state index contributed by atoms with van der Waals surface area (Å²) in [5, 5.41) is 0. The summed E-state index contributed by atoms with van der Waals surface area (Å²) in [6, 6.07) is 19.3. The van der Waals surface area contributed by atoms with E-state index in [-0.39, 0.29) is 12.1 Å². The SMILES string of the molecule is CN1C(=O)C(=O)N(C)[C@@H](c2ccccc2)[C@@H]1c1ccccc1. The fourth-order valence-electron chi connectivity index (χ4n) is 3.09. The normalized spacial score (nSPS) is 22.1. The van der Waals surface area contributed by atoms with E-state index < -0.39 is 11.8 Å². The number of hydrogen-bond acceptors (Lipinski definition) is 2. The Morgan fingerprint density at radius 3 is 1.27 bits per heavy atom. The molecule has 0 aliphatic carbocycles. The van der Waals surface area contributed by atoms with E-state index >= 15 is 0 Å². The van der Waals surface area contributed by atoms with Crippen molar-refractivity contribution in [1.82, 2.24) is 9.80 Å². The van der Waals surface area contributed by atoms with Gasteiger partial charge >= 0.3 is 11.8 Å². The first-order valence-electron chi connectivity index (χ1n) is 7.25. The van der Waals surface area contributed by atoms with Gasteiger partial charge in [0.05, 0.1) is 12.1 Å². The van der Waals surface area contributed by atoms with Crippen LogP contribution in [-0.2, 0) is 9.59 Å². The zero-order valence-electron chi connectivity index (χ0n) is 12.6. The highest BCUT2D eigenvalue weighted by atomic mass is 16.2. The van der Waals surface area contributed by atoms with Crippen molar-refractivity contribution < 1.29 is 9.59 Å². The molecule has 2 amide bonds. The second-order valence-corrected chi connectivity index (χ2v) is 5.54. The molecule has 1 heterocycles. The van der Waals surface area contributed by atoms with Crippen LogP contribution in [0.3, 0.4) is 0 Å². The van der Waals surface area contributed by atoms with Gasteiger partial charge in [-0.25, -0.2) is 0 Å². The molecule has 1 aliphatic rings. The van der Waals surface area contributed by atoms with E-state index in [1.165, 1.54) is 0 Å². The number of rotatable bonds is 2. The van der Waals surface area contributed by atoms with E-state index in [2.05, 4.69) is 0 Å². The predicted molar refractivity (Wildman–Crippen MR) is 83.9 cm³/mol. The van der Waals surface area contributed by atoms with Crippen LogP contribution in [0.15, 0.2) is 60.7 Å². The highest BCUT2D eigenvalue weighted by molar-refractivity contribution is 6.35. The predicted octanol–water partition coefficient (Wildman–Crippen LogP) is 2.40. The van der Waals surface area contributed by atoms with Crippen LogP contribution in [0, 0.1) is 0 Å². The molecule has 22 heavy (non-hydrogen) atoms. The molecule has 0 bridgehead atoms. The summed E-state index contributed by atoms with van der Waals surface area (Å²) in [7, 11) is 3.39. The first-order valence-corrected chi connectivity index (χ1v) is 7.25. The Morgan fingerprint density at radius 2 is 0.955 bits per heavy atom. The van der Waals surface area contributed by atoms with Gasteiger partial charge in [-0.05, 0) is 11.1 Å². The standard InChI is InChI=1S/C18H18N2O2/c1-19-15(13-9-5-3-6-10-13)16(14-11-7-4-8-12-14)20(2)18(22)17(19)21/h3-12,15-16H,1-2H3/t15-,16-/m0/s1. The molecule has 0 saturated carbocycles. The van der Waals surface area contributed by atoms with Crippen LogP contribution in [0.2, 0.25) is 0 Å². The van der Waals surface area contributed by atoms with Crippen LogP contribution < -0.4 is 0 Å². The Hall–Kier alpha value is -2.62. The lowest BCUT2D eigenvalue weighted by Crippen LogP contribution is -2.54.